The van der Waals surface area contributed by atoms with Gasteiger partial charge in [-0.25, -0.2) is 9.59 Å². The largest absolute Gasteiger partial charge is 0.493 e. The maximum atomic E-state index is 12.5. The molecule has 0 radical (unpaired) electrons. The summed E-state index contributed by atoms with van der Waals surface area (Å²) in [7, 11) is 3.07. The van der Waals surface area contributed by atoms with Gasteiger partial charge in [-0.15, -0.1) is 0 Å². The van der Waals surface area contributed by atoms with Gasteiger partial charge in [0.15, 0.2) is 23.0 Å². The number of esters is 2. The summed E-state index contributed by atoms with van der Waals surface area (Å²) in [5.41, 5.74) is 1.72. The third-order valence-corrected chi connectivity index (χ3v) is 4.91. The molecule has 0 bridgehead atoms. The van der Waals surface area contributed by atoms with Crippen LogP contribution in [0.5, 0.6) is 23.0 Å². The van der Waals surface area contributed by atoms with Crippen LogP contribution >= 0.6 is 0 Å². The van der Waals surface area contributed by atoms with Crippen LogP contribution in [0.25, 0.3) is 21.9 Å². The molecule has 2 aliphatic rings. The van der Waals surface area contributed by atoms with Crippen LogP contribution in [0.15, 0.2) is 36.4 Å². The number of carbonyl (C=O) groups is 2. The Bertz CT molecular complexity index is 1180. The average Bonchev–Trinajstić information content (AvgIpc) is 3.28. The second kappa shape index (κ2) is 5.88. The van der Waals surface area contributed by atoms with Crippen molar-refractivity contribution in [1.82, 2.24) is 0 Å². The van der Waals surface area contributed by atoms with E-state index < -0.39 is 11.9 Å². The molecule has 0 aromatic heterocycles. The molecule has 3 aromatic carbocycles. The summed E-state index contributed by atoms with van der Waals surface area (Å²) in [5, 5.41) is 1.44. The fourth-order valence-electron chi connectivity index (χ4n) is 3.64. The van der Waals surface area contributed by atoms with E-state index in [2.05, 4.69) is 0 Å². The topological polar surface area (TPSA) is 80.3 Å². The Labute approximate surface area is 159 Å². The Kier molecular flexibility index (Phi) is 3.45. The number of benzene rings is 3. The van der Waals surface area contributed by atoms with Crippen molar-refractivity contribution >= 4 is 22.7 Å². The van der Waals surface area contributed by atoms with Crippen LogP contribution in [-0.2, 0) is 4.74 Å². The highest BCUT2D eigenvalue weighted by molar-refractivity contribution is 6.22. The summed E-state index contributed by atoms with van der Waals surface area (Å²) in [6.45, 7) is 0.137. The molecule has 0 N–H and O–H groups in total. The van der Waals surface area contributed by atoms with E-state index in [0.29, 0.717) is 34.1 Å². The van der Waals surface area contributed by atoms with Gasteiger partial charge in [-0.1, -0.05) is 6.07 Å². The predicted molar refractivity (Wildman–Crippen MR) is 98.4 cm³/mol. The summed E-state index contributed by atoms with van der Waals surface area (Å²) in [6, 6.07) is 10.5. The van der Waals surface area contributed by atoms with Crippen LogP contribution in [0.4, 0.5) is 0 Å². The van der Waals surface area contributed by atoms with Crippen LogP contribution in [0.1, 0.15) is 20.7 Å². The second-order valence-corrected chi connectivity index (χ2v) is 6.35. The van der Waals surface area contributed by atoms with Gasteiger partial charge in [0.25, 0.3) is 0 Å². The van der Waals surface area contributed by atoms with Crippen molar-refractivity contribution in [1.29, 1.82) is 0 Å². The van der Waals surface area contributed by atoms with Crippen LogP contribution in [0, 0.1) is 0 Å². The monoisotopic (exact) mass is 378 g/mol. The summed E-state index contributed by atoms with van der Waals surface area (Å²) in [6.07, 6.45) is 0. The first-order valence-corrected chi connectivity index (χ1v) is 8.50. The molecular weight excluding hydrogens is 364 g/mol. The molecule has 2 heterocycles. The summed E-state index contributed by atoms with van der Waals surface area (Å²) >= 11 is 0. The summed E-state index contributed by atoms with van der Waals surface area (Å²) < 4.78 is 26.5. The number of fused-ring (bicyclic) bond motifs is 3. The smallest absolute Gasteiger partial charge is 0.347 e. The molecule has 0 unspecified atom stereocenters. The lowest BCUT2D eigenvalue weighted by molar-refractivity contribution is 0.0444. The van der Waals surface area contributed by atoms with Gasteiger partial charge in [-0.05, 0) is 46.7 Å². The van der Waals surface area contributed by atoms with Crippen molar-refractivity contribution in [2.75, 3.05) is 21.0 Å². The van der Waals surface area contributed by atoms with Gasteiger partial charge >= 0.3 is 11.9 Å². The Morgan fingerprint density at radius 1 is 0.821 bits per heavy atom. The standard InChI is InChI=1S/C21H14O7/c1-24-15-7-11-5-13-19(21(23)28-20(13)22)18(12(11)8-16(15)25-2)10-3-4-14-17(6-10)27-9-26-14/h3-8H,9H2,1-2H3. The first-order chi connectivity index (χ1) is 13.6. The average molecular weight is 378 g/mol. The Morgan fingerprint density at radius 3 is 2.36 bits per heavy atom. The zero-order valence-electron chi connectivity index (χ0n) is 15.0. The quantitative estimate of drug-likeness (QED) is 0.509. The summed E-state index contributed by atoms with van der Waals surface area (Å²) in [5.74, 6) is 0.877. The molecule has 0 saturated heterocycles. The van der Waals surface area contributed by atoms with E-state index in [1.165, 1.54) is 14.2 Å². The zero-order chi connectivity index (χ0) is 19.4. The van der Waals surface area contributed by atoms with Gasteiger partial charge in [-0.3, -0.25) is 0 Å². The molecule has 7 heteroatoms. The normalized spacial score (nSPS) is 14.2. The number of carbonyl (C=O) groups excluding carboxylic acids is 2. The Morgan fingerprint density at radius 2 is 1.57 bits per heavy atom. The maximum absolute atomic E-state index is 12.5. The molecule has 0 atom stereocenters. The number of rotatable bonds is 3. The minimum atomic E-state index is -0.677. The molecule has 7 nitrogen and oxygen atoms in total. The predicted octanol–water partition coefficient (Wildman–Crippen LogP) is 3.56. The summed E-state index contributed by atoms with van der Waals surface area (Å²) in [4.78, 5) is 24.7. The van der Waals surface area contributed by atoms with Gasteiger partial charge in [-0.2, -0.15) is 0 Å². The highest BCUT2D eigenvalue weighted by Crippen LogP contribution is 2.44. The van der Waals surface area contributed by atoms with E-state index in [-0.39, 0.29) is 17.9 Å². The lowest BCUT2D eigenvalue weighted by Crippen LogP contribution is -2.00. The maximum Gasteiger partial charge on any atom is 0.347 e. The van der Waals surface area contributed by atoms with E-state index in [1.54, 1.807) is 30.3 Å². The van der Waals surface area contributed by atoms with Gasteiger partial charge in [0.2, 0.25) is 6.79 Å². The molecule has 0 fully saturated rings. The van der Waals surface area contributed by atoms with E-state index in [9.17, 15) is 9.59 Å². The van der Waals surface area contributed by atoms with Crippen molar-refractivity contribution in [3.63, 3.8) is 0 Å². The van der Waals surface area contributed by atoms with Crippen LogP contribution in [-0.4, -0.2) is 33.0 Å². The van der Waals surface area contributed by atoms with Gasteiger partial charge in [0, 0.05) is 5.56 Å². The van der Waals surface area contributed by atoms with Gasteiger partial charge < -0.3 is 23.7 Å². The number of hydrogen-bond acceptors (Lipinski definition) is 7. The van der Waals surface area contributed by atoms with E-state index in [1.807, 2.05) is 6.07 Å². The van der Waals surface area contributed by atoms with E-state index in [0.717, 1.165) is 10.8 Å². The Balaban J connectivity index is 1.89. The van der Waals surface area contributed by atoms with E-state index in [4.69, 9.17) is 23.7 Å². The molecule has 3 aromatic rings. The van der Waals surface area contributed by atoms with Crippen LogP contribution in [0.2, 0.25) is 0 Å². The number of hydrogen-bond donors (Lipinski definition) is 0. The third-order valence-electron chi connectivity index (χ3n) is 4.91. The van der Waals surface area contributed by atoms with Crippen molar-refractivity contribution in [2.24, 2.45) is 0 Å². The molecule has 0 saturated carbocycles. The van der Waals surface area contributed by atoms with Crippen LogP contribution in [0.3, 0.4) is 0 Å². The molecule has 0 amide bonds. The van der Waals surface area contributed by atoms with Gasteiger partial charge in [0.05, 0.1) is 25.3 Å². The second-order valence-electron chi connectivity index (χ2n) is 6.35. The van der Waals surface area contributed by atoms with Crippen molar-refractivity contribution < 1.29 is 33.3 Å². The molecule has 140 valence electrons. The molecule has 0 aliphatic carbocycles. The lowest BCUT2D eigenvalue weighted by atomic mass is 9.90. The van der Waals surface area contributed by atoms with E-state index >= 15 is 0 Å². The minimum absolute atomic E-state index is 0.137. The molecule has 0 spiro atoms. The molecular formula is C21H14O7. The highest BCUT2D eigenvalue weighted by Gasteiger charge is 2.35. The van der Waals surface area contributed by atoms with Crippen molar-refractivity contribution in [3.8, 4) is 34.1 Å². The fourth-order valence-corrected chi connectivity index (χ4v) is 3.64. The first-order valence-electron chi connectivity index (χ1n) is 8.50. The van der Waals surface area contributed by atoms with Crippen molar-refractivity contribution in [2.45, 2.75) is 0 Å². The third kappa shape index (κ3) is 2.22. The number of cyclic esters (lactones) is 2. The van der Waals surface area contributed by atoms with Crippen LogP contribution < -0.4 is 18.9 Å². The molecule has 2 aliphatic heterocycles. The zero-order valence-corrected chi connectivity index (χ0v) is 15.0. The molecule has 5 rings (SSSR count). The first kappa shape index (κ1) is 16.4. The SMILES string of the molecule is COc1cc2cc3c(c(-c4ccc5c(c4)OCO5)c2cc1OC)C(=O)OC3=O. The fraction of sp³-hybridized carbons (Fsp3) is 0.143. The Hall–Kier alpha value is -3.74. The number of methoxy groups -OCH3 is 2. The molecule has 28 heavy (non-hydrogen) atoms. The highest BCUT2D eigenvalue weighted by atomic mass is 16.7. The number of ether oxygens (including phenoxy) is 5. The van der Waals surface area contributed by atoms with Crippen molar-refractivity contribution in [3.05, 3.63) is 47.5 Å². The lowest BCUT2D eigenvalue weighted by Gasteiger charge is -2.14. The minimum Gasteiger partial charge on any atom is -0.493 e. The van der Waals surface area contributed by atoms with Gasteiger partial charge in [0.1, 0.15) is 0 Å².